The standard InChI is InChI=1S/C14H3Br11/c15-1-2(3-5(16)9(20)13(24)10(21)6(3)17)4-7(18)11(22)14(25)12(23)8(4)19/h2H,1H2. The third-order valence-electron chi connectivity index (χ3n) is 3.34. The molecule has 0 nitrogen and oxygen atoms in total. The minimum atomic E-state index is 0.0499. The van der Waals surface area contributed by atoms with Crippen molar-refractivity contribution in [3.05, 3.63) is 55.9 Å². The molecule has 2 aromatic rings. The molecule has 0 saturated heterocycles. The second-order valence-corrected chi connectivity index (χ2v) is 13.3. The minimum Gasteiger partial charge on any atom is -0.0918 e. The molecule has 2 rings (SSSR count). The summed E-state index contributed by atoms with van der Waals surface area (Å²) < 4.78 is 9.61. The van der Waals surface area contributed by atoms with Gasteiger partial charge in [-0.3, -0.25) is 0 Å². The maximum Gasteiger partial charge on any atom is 0.0482 e. The lowest BCUT2D eigenvalue weighted by atomic mass is 9.93. The Bertz CT molecular complexity index is 731. The van der Waals surface area contributed by atoms with Gasteiger partial charge in [0.1, 0.15) is 0 Å². The molecule has 0 radical (unpaired) electrons. The van der Waals surface area contributed by atoms with Crippen molar-refractivity contribution in [2.75, 3.05) is 5.33 Å². The molecule has 0 amide bonds. The molecule has 0 unspecified atom stereocenters. The highest BCUT2D eigenvalue weighted by Gasteiger charge is 2.30. The van der Waals surface area contributed by atoms with Crippen LogP contribution in [-0.4, -0.2) is 5.33 Å². The first kappa shape index (κ1) is 25.0. The highest BCUT2D eigenvalue weighted by molar-refractivity contribution is 9.16. The zero-order chi connectivity index (χ0) is 19.2. The van der Waals surface area contributed by atoms with Crippen molar-refractivity contribution in [2.24, 2.45) is 0 Å². The topological polar surface area (TPSA) is 0 Å². The minimum absolute atomic E-state index is 0.0499. The second-order valence-electron chi connectivity index (χ2n) is 4.67. The van der Waals surface area contributed by atoms with E-state index in [4.69, 9.17) is 0 Å². The van der Waals surface area contributed by atoms with Gasteiger partial charge >= 0.3 is 0 Å². The second kappa shape index (κ2) is 10.4. The molecule has 0 bridgehead atoms. The molecule has 0 aliphatic rings. The molecular weight excluding hydrogens is 1050 g/mol. The van der Waals surface area contributed by atoms with Gasteiger partial charge in [-0.2, -0.15) is 0 Å². The zero-order valence-electron chi connectivity index (χ0n) is 11.4. The van der Waals surface area contributed by atoms with E-state index in [9.17, 15) is 0 Å². The van der Waals surface area contributed by atoms with Crippen molar-refractivity contribution in [1.29, 1.82) is 0 Å². The van der Waals surface area contributed by atoms with Gasteiger partial charge in [0.15, 0.2) is 0 Å². The number of hydrogen-bond donors (Lipinski definition) is 0. The SMILES string of the molecule is BrCC(c1c(Br)c(Br)c(Br)c(Br)c1Br)c1c(Br)c(Br)c(Br)c(Br)c1Br. The first-order valence-electron chi connectivity index (χ1n) is 6.14. The lowest BCUT2D eigenvalue weighted by Crippen LogP contribution is -2.09. The fourth-order valence-electron chi connectivity index (χ4n) is 2.15. The monoisotopic (exact) mass is 1040 g/mol. The lowest BCUT2D eigenvalue weighted by molar-refractivity contribution is 0.907. The summed E-state index contributed by atoms with van der Waals surface area (Å²) in [6.07, 6.45) is 0. The highest BCUT2D eigenvalue weighted by atomic mass is 79.9. The van der Waals surface area contributed by atoms with Gasteiger partial charge in [-0.25, -0.2) is 0 Å². The van der Waals surface area contributed by atoms with E-state index in [1.807, 2.05) is 0 Å². The molecule has 2 aromatic carbocycles. The van der Waals surface area contributed by atoms with Crippen LogP contribution in [0, 0.1) is 0 Å². The molecule has 0 heterocycles. The fourth-order valence-corrected chi connectivity index (χ4v) is 10.1. The summed E-state index contributed by atoms with van der Waals surface area (Å²) in [4.78, 5) is 0. The number of alkyl halides is 1. The largest absolute Gasteiger partial charge is 0.0918 e. The van der Waals surface area contributed by atoms with E-state index in [2.05, 4.69) is 175 Å². The van der Waals surface area contributed by atoms with E-state index in [-0.39, 0.29) is 5.92 Å². The van der Waals surface area contributed by atoms with Crippen LogP contribution in [-0.2, 0) is 0 Å². The first-order chi connectivity index (χ1) is 11.6. The summed E-state index contributed by atoms with van der Waals surface area (Å²) in [7, 11) is 0. The Kier molecular flexibility index (Phi) is 10.3. The third kappa shape index (κ3) is 4.81. The molecule has 0 aromatic heterocycles. The molecule has 0 fully saturated rings. The fraction of sp³-hybridized carbons (Fsp3) is 0.143. The lowest BCUT2D eigenvalue weighted by Gasteiger charge is -2.25. The van der Waals surface area contributed by atoms with Crippen molar-refractivity contribution < 1.29 is 0 Å². The van der Waals surface area contributed by atoms with Gasteiger partial charge in [0.2, 0.25) is 0 Å². The zero-order valence-corrected chi connectivity index (χ0v) is 28.9. The highest BCUT2D eigenvalue weighted by Crippen LogP contribution is 2.53. The Labute approximate surface area is 238 Å². The summed E-state index contributed by atoms with van der Waals surface area (Å²) >= 11 is 40.5. The van der Waals surface area contributed by atoms with Crippen LogP contribution < -0.4 is 0 Å². The van der Waals surface area contributed by atoms with Crippen LogP contribution >= 0.6 is 175 Å². The van der Waals surface area contributed by atoms with Crippen molar-refractivity contribution in [2.45, 2.75) is 5.92 Å². The predicted molar refractivity (Wildman–Crippen MR) is 146 cm³/mol. The summed E-state index contributed by atoms with van der Waals surface area (Å²) in [6, 6.07) is 0. The Morgan fingerprint density at radius 3 is 0.800 bits per heavy atom. The van der Waals surface area contributed by atoms with Gasteiger partial charge in [-0.05, 0) is 170 Å². The molecule has 136 valence electrons. The van der Waals surface area contributed by atoms with Gasteiger partial charge < -0.3 is 0 Å². The quantitative estimate of drug-likeness (QED) is 0.163. The van der Waals surface area contributed by atoms with E-state index in [1.165, 1.54) is 0 Å². The van der Waals surface area contributed by atoms with Crippen LogP contribution in [0.3, 0.4) is 0 Å². The summed E-state index contributed by atoms with van der Waals surface area (Å²) in [5, 5.41) is 0.725. The molecule has 0 spiro atoms. The maximum atomic E-state index is 3.74. The van der Waals surface area contributed by atoms with Gasteiger partial charge in [-0.15, -0.1) is 0 Å². The Balaban J connectivity index is 2.90. The number of halogens is 11. The molecule has 11 heteroatoms. The van der Waals surface area contributed by atoms with Crippen LogP contribution in [0.1, 0.15) is 17.0 Å². The van der Waals surface area contributed by atoms with Gasteiger partial charge in [0.25, 0.3) is 0 Å². The Morgan fingerprint density at radius 1 is 0.400 bits per heavy atom. The number of hydrogen-bond acceptors (Lipinski definition) is 0. The van der Waals surface area contributed by atoms with Crippen LogP contribution in [0.25, 0.3) is 0 Å². The van der Waals surface area contributed by atoms with E-state index in [0.717, 1.165) is 61.2 Å². The van der Waals surface area contributed by atoms with Gasteiger partial charge in [0.05, 0.1) is 0 Å². The van der Waals surface area contributed by atoms with Gasteiger partial charge in [-0.1, -0.05) is 15.9 Å². The number of benzene rings is 2. The molecular formula is C14H3Br11. The molecule has 0 saturated carbocycles. The van der Waals surface area contributed by atoms with Gasteiger partial charge in [0, 0.05) is 56.0 Å². The van der Waals surface area contributed by atoms with E-state index in [0.29, 0.717) is 0 Å². The first-order valence-corrected chi connectivity index (χ1v) is 15.2. The van der Waals surface area contributed by atoms with E-state index in [1.54, 1.807) is 0 Å². The van der Waals surface area contributed by atoms with E-state index < -0.39 is 0 Å². The van der Waals surface area contributed by atoms with Crippen molar-refractivity contribution in [3.8, 4) is 0 Å². The number of rotatable bonds is 3. The summed E-state index contributed by atoms with van der Waals surface area (Å²) in [5.74, 6) is 0.0499. The summed E-state index contributed by atoms with van der Waals surface area (Å²) in [6.45, 7) is 0. The van der Waals surface area contributed by atoms with Crippen LogP contribution in [0.4, 0.5) is 0 Å². The maximum absolute atomic E-state index is 3.74. The normalized spacial score (nSPS) is 11.5. The summed E-state index contributed by atoms with van der Waals surface area (Å²) in [5.41, 5.74) is 2.22. The van der Waals surface area contributed by atoms with Crippen LogP contribution in [0.2, 0.25) is 0 Å². The van der Waals surface area contributed by atoms with Crippen molar-refractivity contribution >= 4 is 175 Å². The van der Waals surface area contributed by atoms with Crippen LogP contribution in [0.5, 0.6) is 0 Å². The smallest absolute Gasteiger partial charge is 0.0482 e. The molecule has 0 N–H and O–H groups in total. The van der Waals surface area contributed by atoms with Crippen LogP contribution in [0.15, 0.2) is 44.7 Å². The molecule has 0 aliphatic carbocycles. The Morgan fingerprint density at radius 2 is 0.600 bits per heavy atom. The molecule has 0 aliphatic heterocycles. The van der Waals surface area contributed by atoms with Crippen molar-refractivity contribution in [1.82, 2.24) is 0 Å². The average molecular weight is 1050 g/mol. The van der Waals surface area contributed by atoms with E-state index >= 15 is 0 Å². The predicted octanol–water partition coefficient (Wildman–Crippen LogP) is 11.8. The molecule has 25 heavy (non-hydrogen) atoms. The van der Waals surface area contributed by atoms with Crippen molar-refractivity contribution in [3.63, 3.8) is 0 Å². The molecule has 0 atom stereocenters. The third-order valence-corrected chi connectivity index (χ3v) is 16.3. The Hall–Kier alpha value is 3.72. The average Bonchev–Trinajstić information content (AvgIpc) is 2.60.